The molecule has 1 N–H and O–H groups in total. The van der Waals surface area contributed by atoms with Gasteiger partial charge in [-0.15, -0.1) is 0 Å². The van der Waals surface area contributed by atoms with E-state index in [1.165, 1.54) is 42.5 Å². The molecule has 0 heterocycles. The van der Waals surface area contributed by atoms with Crippen molar-refractivity contribution in [1.82, 2.24) is 0 Å². The summed E-state index contributed by atoms with van der Waals surface area (Å²) in [6.07, 6.45) is 3.93. The highest BCUT2D eigenvalue weighted by molar-refractivity contribution is 5.46. The molecule has 2 aromatic carbocycles. The number of fused-ring (bicyclic) bond motifs is 1. The van der Waals surface area contributed by atoms with Gasteiger partial charge in [0.1, 0.15) is 5.82 Å². The third-order valence-electron chi connectivity index (χ3n) is 6.89. The van der Waals surface area contributed by atoms with Crippen LogP contribution in [-0.2, 0) is 16.9 Å². The van der Waals surface area contributed by atoms with Crippen molar-refractivity contribution >= 4 is 5.69 Å². The summed E-state index contributed by atoms with van der Waals surface area (Å²) in [4.78, 5) is 5.73. The molecule has 26 heavy (non-hydrogen) atoms. The molecule has 2 aromatic rings. The zero-order valence-electron chi connectivity index (χ0n) is 15.9. The van der Waals surface area contributed by atoms with Gasteiger partial charge in [-0.05, 0) is 59.4 Å². The van der Waals surface area contributed by atoms with Crippen molar-refractivity contribution < 1.29 is 9.23 Å². The molecule has 0 spiro atoms. The number of anilines is 1. The topological polar surface area (TPSA) is 21.3 Å². The van der Waals surface area contributed by atoms with Crippen LogP contribution in [0.5, 0.6) is 0 Å². The highest BCUT2D eigenvalue weighted by Gasteiger charge is 2.72. The van der Waals surface area contributed by atoms with Crippen molar-refractivity contribution in [3.63, 3.8) is 0 Å². The first-order valence-electron chi connectivity index (χ1n) is 9.67. The van der Waals surface area contributed by atoms with Crippen LogP contribution < -0.4 is 5.48 Å². The third kappa shape index (κ3) is 2.73. The second kappa shape index (κ2) is 6.38. The molecular formula is C23H28FNO. The van der Waals surface area contributed by atoms with Gasteiger partial charge >= 0.3 is 0 Å². The molecular weight excluding hydrogens is 325 g/mol. The first kappa shape index (κ1) is 17.5. The SMILES string of the molecule is CC1CCC2C(C)(C)C2(c2ccccc2CONc2cccc(F)c2)C1. The highest BCUT2D eigenvalue weighted by Crippen LogP contribution is 2.76. The van der Waals surface area contributed by atoms with Gasteiger partial charge in [-0.25, -0.2) is 4.39 Å². The molecule has 138 valence electrons. The fourth-order valence-corrected chi connectivity index (χ4v) is 5.56. The molecule has 3 atom stereocenters. The Balaban J connectivity index is 1.54. The zero-order valence-corrected chi connectivity index (χ0v) is 15.9. The Kier molecular flexibility index (Phi) is 4.31. The Morgan fingerprint density at radius 1 is 1.12 bits per heavy atom. The van der Waals surface area contributed by atoms with Crippen LogP contribution in [0.4, 0.5) is 10.1 Å². The van der Waals surface area contributed by atoms with Crippen LogP contribution in [-0.4, -0.2) is 0 Å². The lowest BCUT2D eigenvalue weighted by molar-refractivity contribution is 0.177. The summed E-state index contributed by atoms with van der Waals surface area (Å²) in [6.45, 7) is 7.72. The van der Waals surface area contributed by atoms with E-state index in [-0.39, 0.29) is 11.2 Å². The molecule has 3 unspecified atom stereocenters. The van der Waals surface area contributed by atoms with E-state index < -0.39 is 0 Å². The second-order valence-electron chi connectivity index (χ2n) is 8.69. The maximum Gasteiger partial charge on any atom is 0.125 e. The summed E-state index contributed by atoms with van der Waals surface area (Å²) in [6, 6.07) is 15.0. The third-order valence-corrected chi connectivity index (χ3v) is 6.89. The van der Waals surface area contributed by atoms with E-state index in [0.29, 0.717) is 17.7 Å². The highest BCUT2D eigenvalue weighted by atomic mass is 19.1. The number of halogens is 1. The minimum Gasteiger partial charge on any atom is -0.271 e. The minimum atomic E-state index is -0.267. The lowest BCUT2D eigenvalue weighted by Gasteiger charge is -2.30. The van der Waals surface area contributed by atoms with Crippen LogP contribution in [0, 0.1) is 23.1 Å². The fraction of sp³-hybridized carbons (Fsp3) is 0.478. The fourth-order valence-electron chi connectivity index (χ4n) is 5.56. The summed E-state index contributed by atoms with van der Waals surface area (Å²) < 4.78 is 13.3. The average molecular weight is 353 g/mol. The monoisotopic (exact) mass is 353 g/mol. The van der Waals surface area contributed by atoms with Gasteiger partial charge in [0, 0.05) is 5.41 Å². The van der Waals surface area contributed by atoms with Gasteiger partial charge in [0.2, 0.25) is 0 Å². The molecule has 0 radical (unpaired) electrons. The predicted octanol–water partition coefficient (Wildman–Crippen LogP) is 6.08. The van der Waals surface area contributed by atoms with Crippen molar-refractivity contribution in [2.75, 3.05) is 5.48 Å². The van der Waals surface area contributed by atoms with Gasteiger partial charge in [-0.2, -0.15) is 0 Å². The van der Waals surface area contributed by atoms with Gasteiger partial charge in [0.05, 0.1) is 12.3 Å². The number of hydrogen-bond acceptors (Lipinski definition) is 2. The predicted molar refractivity (Wildman–Crippen MR) is 103 cm³/mol. The summed E-state index contributed by atoms with van der Waals surface area (Å²) in [5.74, 6) is 1.27. The van der Waals surface area contributed by atoms with E-state index >= 15 is 0 Å². The van der Waals surface area contributed by atoms with E-state index in [9.17, 15) is 4.39 Å². The minimum absolute atomic E-state index is 0.267. The molecule has 3 heteroatoms. The standard InChI is InChI=1S/C23H28FNO/c1-16-11-12-21-22(2,3)23(21,14-16)20-10-5-4-7-17(20)15-26-25-19-9-6-8-18(24)13-19/h4-10,13,16,21,25H,11-12,14-15H2,1-3H3. The van der Waals surface area contributed by atoms with Gasteiger partial charge in [0.25, 0.3) is 0 Å². The van der Waals surface area contributed by atoms with Crippen LogP contribution in [0.15, 0.2) is 48.5 Å². The molecule has 2 aliphatic carbocycles. The van der Waals surface area contributed by atoms with Crippen LogP contribution in [0.1, 0.15) is 51.2 Å². The number of rotatable bonds is 5. The van der Waals surface area contributed by atoms with Crippen LogP contribution in [0.2, 0.25) is 0 Å². The Hall–Kier alpha value is -1.87. The first-order chi connectivity index (χ1) is 12.4. The number of hydrogen-bond donors (Lipinski definition) is 1. The summed E-state index contributed by atoms with van der Waals surface area (Å²) in [5, 5.41) is 0. The lowest BCUT2D eigenvalue weighted by Crippen LogP contribution is -2.24. The summed E-state index contributed by atoms with van der Waals surface area (Å²) >= 11 is 0. The van der Waals surface area contributed by atoms with Gasteiger partial charge in [-0.3, -0.25) is 10.3 Å². The molecule has 0 saturated heterocycles. The summed E-state index contributed by atoms with van der Waals surface area (Å²) in [7, 11) is 0. The van der Waals surface area contributed by atoms with Crippen LogP contribution in [0.25, 0.3) is 0 Å². The van der Waals surface area contributed by atoms with E-state index in [2.05, 4.69) is 50.5 Å². The Morgan fingerprint density at radius 3 is 2.73 bits per heavy atom. The maximum atomic E-state index is 13.3. The smallest absolute Gasteiger partial charge is 0.125 e. The van der Waals surface area contributed by atoms with Gasteiger partial charge in [-0.1, -0.05) is 57.5 Å². The van der Waals surface area contributed by atoms with Crippen molar-refractivity contribution in [2.45, 2.75) is 52.1 Å². The Bertz CT molecular complexity index is 802. The molecule has 2 saturated carbocycles. The largest absolute Gasteiger partial charge is 0.271 e. The molecule has 0 bridgehead atoms. The molecule has 4 rings (SSSR count). The Morgan fingerprint density at radius 2 is 1.92 bits per heavy atom. The second-order valence-corrected chi connectivity index (χ2v) is 8.69. The first-order valence-corrected chi connectivity index (χ1v) is 9.67. The molecule has 2 fully saturated rings. The molecule has 2 aliphatic rings. The van der Waals surface area contributed by atoms with E-state index in [0.717, 1.165) is 11.8 Å². The maximum absolute atomic E-state index is 13.3. The quantitative estimate of drug-likeness (QED) is 0.657. The normalized spacial score (nSPS) is 29.1. The van der Waals surface area contributed by atoms with Crippen molar-refractivity contribution in [1.29, 1.82) is 0 Å². The summed E-state index contributed by atoms with van der Waals surface area (Å²) in [5.41, 5.74) is 6.83. The van der Waals surface area contributed by atoms with E-state index in [1.807, 2.05) is 0 Å². The van der Waals surface area contributed by atoms with Crippen molar-refractivity contribution in [2.24, 2.45) is 17.3 Å². The lowest BCUT2D eigenvalue weighted by atomic mass is 9.74. The molecule has 2 nitrogen and oxygen atoms in total. The van der Waals surface area contributed by atoms with Crippen LogP contribution in [0.3, 0.4) is 0 Å². The van der Waals surface area contributed by atoms with Crippen LogP contribution >= 0.6 is 0 Å². The van der Waals surface area contributed by atoms with Gasteiger partial charge in [0.15, 0.2) is 0 Å². The van der Waals surface area contributed by atoms with Crippen molar-refractivity contribution in [3.8, 4) is 0 Å². The van der Waals surface area contributed by atoms with E-state index in [4.69, 9.17) is 4.84 Å². The van der Waals surface area contributed by atoms with Gasteiger partial charge < -0.3 is 0 Å². The zero-order chi connectivity index (χ0) is 18.4. The number of benzene rings is 2. The molecule has 0 aromatic heterocycles. The average Bonchev–Trinajstić information content (AvgIpc) is 3.11. The molecule has 0 amide bonds. The van der Waals surface area contributed by atoms with E-state index in [1.54, 1.807) is 12.1 Å². The Labute approximate surface area is 155 Å². The number of nitrogens with one attached hydrogen (secondary N) is 1. The van der Waals surface area contributed by atoms with Crippen molar-refractivity contribution in [3.05, 3.63) is 65.5 Å². The molecule has 0 aliphatic heterocycles.